The van der Waals surface area contributed by atoms with Gasteiger partial charge in [0.15, 0.2) is 22.6 Å². The van der Waals surface area contributed by atoms with E-state index >= 15 is 0 Å². The quantitative estimate of drug-likeness (QED) is 0.290. The summed E-state index contributed by atoms with van der Waals surface area (Å²) in [7, 11) is 1.57. The second-order valence-corrected chi connectivity index (χ2v) is 9.11. The zero-order valence-corrected chi connectivity index (χ0v) is 20.1. The molecular formula is C24H24N8O5. The minimum Gasteiger partial charge on any atom is -0.497 e. The summed E-state index contributed by atoms with van der Waals surface area (Å²) < 4.78 is 18.7. The molecule has 0 spiro atoms. The van der Waals surface area contributed by atoms with Gasteiger partial charge in [0.05, 0.1) is 44.7 Å². The molecule has 1 fully saturated rings. The fourth-order valence-electron chi connectivity index (χ4n) is 4.37. The smallest absolute Gasteiger partial charge is 0.252 e. The third kappa shape index (κ3) is 3.58. The lowest BCUT2D eigenvalue weighted by Crippen LogP contribution is -2.59. The number of nitrogen functional groups attached to an aromatic ring is 1. The van der Waals surface area contributed by atoms with Gasteiger partial charge in [-0.25, -0.2) is 9.67 Å². The zero-order chi connectivity index (χ0) is 25.8. The van der Waals surface area contributed by atoms with Crippen molar-refractivity contribution in [2.75, 3.05) is 32.6 Å². The molecule has 1 amide bonds. The maximum Gasteiger partial charge on any atom is 0.252 e. The maximum absolute atomic E-state index is 13.8. The Morgan fingerprint density at radius 3 is 2.68 bits per heavy atom. The molecule has 1 unspecified atom stereocenters. The predicted octanol–water partition coefficient (Wildman–Crippen LogP) is 0.966. The fraction of sp³-hybridized carbons (Fsp3) is 0.292. The Morgan fingerprint density at radius 1 is 1.24 bits per heavy atom. The van der Waals surface area contributed by atoms with Gasteiger partial charge >= 0.3 is 0 Å². The SMILES string of the molecule is COc1ccc(C(C)(C(=O)NCC2(O)COC2)n2ncc3c2nc(N)n2nc(-c4ccco4)nc32)cc1. The van der Waals surface area contributed by atoms with Gasteiger partial charge in [-0.1, -0.05) is 12.1 Å². The molecule has 1 atom stereocenters. The highest BCUT2D eigenvalue weighted by Crippen LogP contribution is 2.33. The highest BCUT2D eigenvalue weighted by Gasteiger charge is 2.43. The van der Waals surface area contributed by atoms with Crippen LogP contribution in [0, 0.1) is 0 Å². The van der Waals surface area contributed by atoms with Crippen molar-refractivity contribution in [3.05, 3.63) is 54.4 Å². The second kappa shape index (κ2) is 8.28. The summed E-state index contributed by atoms with van der Waals surface area (Å²) in [6.07, 6.45) is 3.10. The van der Waals surface area contributed by atoms with E-state index in [0.717, 1.165) is 0 Å². The van der Waals surface area contributed by atoms with Crippen LogP contribution in [0.1, 0.15) is 12.5 Å². The van der Waals surface area contributed by atoms with E-state index in [1.807, 2.05) is 0 Å². The minimum absolute atomic E-state index is 0.0211. The average molecular weight is 505 g/mol. The summed E-state index contributed by atoms with van der Waals surface area (Å²) in [5, 5.41) is 22.8. The monoisotopic (exact) mass is 504 g/mol. The standard InChI is InChI=1S/C24H24N8O5/c1-23(14-5-7-15(35-2)8-6-14,21(33)26-11-24(34)12-36-13-24)32-20-16(10-27-32)19-28-18(17-4-3-9-37-17)30-31(19)22(25)29-20/h3-10,34H,11-13H2,1-2H3,(H2,25,29)(H,26,33). The van der Waals surface area contributed by atoms with Crippen LogP contribution in [0.25, 0.3) is 28.3 Å². The van der Waals surface area contributed by atoms with E-state index in [2.05, 4.69) is 25.5 Å². The third-order valence-corrected chi connectivity index (χ3v) is 6.61. The number of ether oxygens (including phenoxy) is 2. The fourth-order valence-corrected chi connectivity index (χ4v) is 4.37. The number of amides is 1. The highest BCUT2D eigenvalue weighted by atomic mass is 16.5. The number of aromatic nitrogens is 6. The first-order valence-electron chi connectivity index (χ1n) is 11.5. The topological polar surface area (TPSA) is 168 Å². The van der Waals surface area contributed by atoms with Crippen molar-refractivity contribution in [1.82, 2.24) is 34.7 Å². The van der Waals surface area contributed by atoms with Crippen LogP contribution in [0.3, 0.4) is 0 Å². The number of hydrogen-bond acceptors (Lipinski definition) is 10. The Labute approximate surface area is 209 Å². The van der Waals surface area contributed by atoms with E-state index in [-0.39, 0.29) is 25.7 Å². The van der Waals surface area contributed by atoms with E-state index in [0.29, 0.717) is 39.6 Å². The number of benzene rings is 1. The van der Waals surface area contributed by atoms with Crippen LogP contribution >= 0.6 is 0 Å². The number of carbonyl (C=O) groups excluding carboxylic acids is 1. The Morgan fingerprint density at radius 2 is 2.03 bits per heavy atom. The summed E-state index contributed by atoms with van der Waals surface area (Å²) in [6, 6.07) is 10.6. The maximum atomic E-state index is 13.8. The van der Waals surface area contributed by atoms with Gasteiger partial charge in [-0.05, 0) is 36.8 Å². The van der Waals surface area contributed by atoms with E-state index in [9.17, 15) is 9.90 Å². The number of aliphatic hydroxyl groups is 1. The van der Waals surface area contributed by atoms with Crippen LogP contribution in [-0.4, -0.2) is 72.8 Å². The molecule has 1 saturated heterocycles. The highest BCUT2D eigenvalue weighted by molar-refractivity contribution is 5.94. The van der Waals surface area contributed by atoms with Crippen molar-refractivity contribution in [3.63, 3.8) is 0 Å². The number of fused-ring (bicyclic) bond motifs is 3. The summed E-state index contributed by atoms with van der Waals surface area (Å²) in [5.41, 5.74) is 5.15. The van der Waals surface area contributed by atoms with Crippen LogP contribution < -0.4 is 15.8 Å². The molecule has 1 aromatic carbocycles. The molecule has 37 heavy (non-hydrogen) atoms. The van der Waals surface area contributed by atoms with E-state index < -0.39 is 17.0 Å². The number of furan rings is 1. The van der Waals surface area contributed by atoms with E-state index in [1.165, 1.54) is 15.5 Å². The average Bonchev–Trinajstić information content (AvgIpc) is 3.65. The van der Waals surface area contributed by atoms with Gasteiger partial charge in [0, 0.05) is 0 Å². The first-order chi connectivity index (χ1) is 17.8. The molecule has 13 heteroatoms. The van der Waals surface area contributed by atoms with E-state index in [4.69, 9.17) is 19.6 Å². The number of rotatable bonds is 7. The normalized spacial score (nSPS) is 16.4. The molecule has 0 radical (unpaired) electrons. The van der Waals surface area contributed by atoms with Gasteiger partial charge < -0.3 is 30.0 Å². The third-order valence-electron chi connectivity index (χ3n) is 6.61. The predicted molar refractivity (Wildman–Crippen MR) is 131 cm³/mol. The number of methoxy groups -OCH3 is 1. The van der Waals surface area contributed by atoms with E-state index in [1.54, 1.807) is 56.6 Å². The summed E-state index contributed by atoms with van der Waals surface area (Å²) in [6.45, 7) is 2.04. The van der Waals surface area contributed by atoms with Gasteiger partial charge in [-0.3, -0.25) is 4.79 Å². The lowest BCUT2D eigenvalue weighted by atomic mass is 9.90. The number of nitrogens with one attached hydrogen (secondary N) is 1. The number of hydrogen-bond donors (Lipinski definition) is 3. The van der Waals surface area contributed by atoms with Crippen LogP contribution in [0.5, 0.6) is 5.75 Å². The molecule has 4 N–H and O–H groups in total. The number of carbonyl (C=O) groups is 1. The number of nitrogens with two attached hydrogens (primary N) is 1. The van der Waals surface area contributed by atoms with Gasteiger partial charge in [0.25, 0.3) is 5.91 Å². The van der Waals surface area contributed by atoms with Crippen molar-refractivity contribution in [3.8, 4) is 17.3 Å². The molecule has 0 aliphatic carbocycles. The van der Waals surface area contributed by atoms with Crippen LogP contribution in [-0.2, 0) is 15.1 Å². The molecule has 0 saturated carbocycles. The lowest BCUT2D eigenvalue weighted by Gasteiger charge is -2.38. The van der Waals surface area contributed by atoms with Crippen LogP contribution in [0.15, 0.2) is 53.3 Å². The van der Waals surface area contributed by atoms with Gasteiger partial charge in [-0.2, -0.15) is 14.6 Å². The molecule has 6 rings (SSSR count). The molecule has 1 aliphatic heterocycles. The number of nitrogens with zero attached hydrogens (tertiary/aromatic N) is 6. The Hall–Kier alpha value is -4.49. The van der Waals surface area contributed by atoms with Gasteiger partial charge in [0.1, 0.15) is 11.4 Å². The Bertz CT molecular complexity index is 1600. The Balaban J connectivity index is 1.50. The molecule has 1 aliphatic rings. The van der Waals surface area contributed by atoms with Crippen LogP contribution in [0.2, 0.25) is 0 Å². The molecule has 0 bridgehead atoms. The van der Waals surface area contributed by atoms with Crippen molar-refractivity contribution < 1.29 is 23.8 Å². The van der Waals surface area contributed by atoms with Crippen molar-refractivity contribution >= 4 is 28.5 Å². The van der Waals surface area contributed by atoms with Crippen LogP contribution in [0.4, 0.5) is 5.95 Å². The zero-order valence-electron chi connectivity index (χ0n) is 20.1. The summed E-state index contributed by atoms with van der Waals surface area (Å²) in [4.78, 5) is 22.9. The van der Waals surface area contributed by atoms with Crippen molar-refractivity contribution in [2.45, 2.75) is 18.1 Å². The molecule has 5 aromatic rings. The first-order valence-corrected chi connectivity index (χ1v) is 11.5. The van der Waals surface area contributed by atoms with Gasteiger partial charge in [0.2, 0.25) is 11.8 Å². The first kappa shape index (κ1) is 22.9. The minimum atomic E-state index is -1.38. The van der Waals surface area contributed by atoms with Gasteiger partial charge in [-0.15, -0.1) is 5.10 Å². The molecular weight excluding hydrogens is 480 g/mol. The van der Waals surface area contributed by atoms with Crippen molar-refractivity contribution in [2.24, 2.45) is 0 Å². The molecule has 13 nitrogen and oxygen atoms in total. The summed E-state index contributed by atoms with van der Waals surface area (Å²) >= 11 is 0. The Kier molecular flexibility index (Phi) is 5.14. The summed E-state index contributed by atoms with van der Waals surface area (Å²) in [5.74, 6) is 1.11. The molecule has 190 valence electrons. The number of anilines is 1. The molecule has 5 heterocycles. The van der Waals surface area contributed by atoms with Crippen molar-refractivity contribution in [1.29, 1.82) is 0 Å². The largest absolute Gasteiger partial charge is 0.497 e. The lowest BCUT2D eigenvalue weighted by molar-refractivity contribution is -0.176. The second-order valence-electron chi connectivity index (χ2n) is 9.11. The molecule has 4 aromatic heterocycles.